The molecule has 0 saturated heterocycles. The van der Waals surface area contributed by atoms with Crippen LogP contribution in [-0.4, -0.2) is 0 Å². The van der Waals surface area contributed by atoms with Crippen molar-refractivity contribution in [3.05, 3.63) is 22.2 Å². The van der Waals surface area contributed by atoms with Gasteiger partial charge in [0.1, 0.15) is 0 Å². The molecule has 1 heteroatoms. The number of allylic oxidation sites excluding steroid dienone is 4. The van der Waals surface area contributed by atoms with Crippen LogP contribution in [0.3, 0.4) is 0 Å². The second-order valence-electron chi connectivity index (χ2n) is 13.5. The van der Waals surface area contributed by atoms with Gasteiger partial charge in [0.15, 0.2) is 0 Å². The third-order valence-electron chi connectivity index (χ3n) is 9.44. The van der Waals surface area contributed by atoms with Crippen LogP contribution in [0.2, 0.25) is 14.4 Å². The monoisotopic (exact) mass is 768 g/mol. The predicted octanol–water partition coefficient (Wildman–Crippen LogP) is 16.0. The van der Waals surface area contributed by atoms with Crippen LogP contribution in [0.1, 0.15) is 220 Å². The molecule has 0 spiro atoms. The third kappa shape index (κ3) is 22.6. The van der Waals surface area contributed by atoms with Gasteiger partial charge in [-0.2, -0.15) is 0 Å². The molecule has 0 heterocycles. The summed E-state index contributed by atoms with van der Waals surface area (Å²) in [5.41, 5.74) is 0. The Hall–Kier alpha value is 0.168. The van der Waals surface area contributed by atoms with E-state index in [9.17, 15) is 0 Å². The molecule has 0 amide bonds. The number of hydrogen-bond donors (Lipinski definition) is 0. The van der Waals surface area contributed by atoms with Crippen molar-refractivity contribution in [3.8, 4) is 0 Å². The van der Waals surface area contributed by atoms with Gasteiger partial charge in [0, 0.05) is 0 Å². The Kier molecular flexibility index (Phi) is 29.8. The summed E-state index contributed by atoms with van der Waals surface area (Å²) in [6, 6.07) is 0. The van der Waals surface area contributed by atoms with Crippen molar-refractivity contribution >= 4 is 0 Å². The molecule has 0 aromatic carbocycles. The molecule has 0 fully saturated rings. The van der Waals surface area contributed by atoms with Gasteiger partial charge in [-0.15, -0.1) is 0 Å². The van der Waals surface area contributed by atoms with Crippen molar-refractivity contribution in [1.82, 2.24) is 0 Å². The minimum absolute atomic E-state index is 1.32. The van der Waals surface area contributed by atoms with Gasteiger partial charge in [0.2, 0.25) is 0 Å². The zero-order valence-electron chi connectivity index (χ0n) is 29.6. The zero-order valence-corrected chi connectivity index (χ0v) is 31.9. The molecule has 0 radical (unpaired) electrons. The van der Waals surface area contributed by atoms with E-state index in [1.807, 2.05) is 3.96 Å². The zero-order chi connectivity index (χ0) is 30.2. The second kappa shape index (κ2) is 31.2. The average Bonchev–Trinajstić information content (AvgIpc) is 3.55. The number of rotatable bonds is 34. The molecule has 0 aliphatic heterocycles. The van der Waals surface area contributed by atoms with Crippen LogP contribution in [-0.2, 0) is 16.1 Å². The number of unbranched alkanes of at least 4 members (excludes halogenated alkanes) is 27. The van der Waals surface area contributed by atoms with E-state index >= 15 is 0 Å². The van der Waals surface area contributed by atoms with Crippen LogP contribution in [0.15, 0.2) is 22.2 Å². The Morgan fingerprint density at radius 3 is 0.881 bits per heavy atom. The van der Waals surface area contributed by atoms with Gasteiger partial charge < -0.3 is 0 Å². The topological polar surface area (TPSA) is 0 Å². The maximum absolute atomic E-state index is 2.62. The fraction of sp³-hybridized carbons (Fsp3) is 0.902. The summed E-state index contributed by atoms with van der Waals surface area (Å²) in [7, 11) is 0. The Bertz CT molecular complexity index is 542. The molecule has 1 rings (SSSR count). The average molecular weight is 768 g/mol. The molecular weight excluding hydrogens is 688 g/mol. The van der Waals surface area contributed by atoms with Crippen LogP contribution in [0, 0.1) is 0 Å². The van der Waals surface area contributed by atoms with Crippen LogP contribution >= 0.6 is 0 Å². The van der Waals surface area contributed by atoms with Crippen LogP contribution in [0.5, 0.6) is 0 Å². The van der Waals surface area contributed by atoms with Crippen molar-refractivity contribution in [2.75, 3.05) is 0 Å². The summed E-state index contributed by atoms with van der Waals surface area (Å²) >= 11 is -1.89. The maximum atomic E-state index is 2.62. The second-order valence-corrected chi connectivity index (χ2v) is 24.2. The molecule has 0 nitrogen and oxygen atoms in total. The number of hydrogen-bond acceptors (Lipinski definition) is 0. The Balaban J connectivity index is 2.47. The SMILES string of the molecule is CCCCCCCCCCC[CH2][Pt]([CH2]CCCCCCCCCCC)([CH2]CCCCCCCCCCC)[C]1=CC=CC1. The van der Waals surface area contributed by atoms with Gasteiger partial charge in [0.25, 0.3) is 0 Å². The van der Waals surface area contributed by atoms with E-state index in [4.69, 9.17) is 0 Å². The van der Waals surface area contributed by atoms with Crippen LogP contribution < -0.4 is 0 Å². The van der Waals surface area contributed by atoms with Crippen molar-refractivity contribution in [2.45, 2.75) is 234 Å². The van der Waals surface area contributed by atoms with Gasteiger partial charge in [-0.25, -0.2) is 0 Å². The molecule has 0 N–H and O–H groups in total. The Labute approximate surface area is 271 Å². The minimum atomic E-state index is -1.89. The van der Waals surface area contributed by atoms with E-state index in [1.54, 1.807) is 33.7 Å². The van der Waals surface area contributed by atoms with Crippen LogP contribution in [0.25, 0.3) is 0 Å². The van der Waals surface area contributed by atoms with E-state index in [-0.39, 0.29) is 0 Å². The van der Waals surface area contributed by atoms with E-state index in [0.29, 0.717) is 0 Å². The molecule has 0 saturated carbocycles. The molecule has 0 unspecified atom stereocenters. The molecule has 254 valence electrons. The van der Waals surface area contributed by atoms with E-state index < -0.39 is 16.1 Å². The summed E-state index contributed by atoms with van der Waals surface area (Å²) in [4.78, 5) is 4.93. The molecule has 1 aliphatic carbocycles. The Morgan fingerprint density at radius 1 is 0.381 bits per heavy atom. The fourth-order valence-electron chi connectivity index (χ4n) is 6.54. The van der Waals surface area contributed by atoms with Gasteiger partial charge >= 0.3 is 272 Å². The molecule has 0 aromatic rings. The summed E-state index contributed by atoms with van der Waals surface area (Å²) in [6.45, 7) is 6.99. The summed E-state index contributed by atoms with van der Waals surface area (Å²) < 4.78 is 1.99. The fourth-order valence-corrected chi connectivity index (χ4v) is 19.0. The van der Waals surface area contributed by atoms with E-state index in [0.717, 1.165) is 0 Å². The molecular formula is C41H80Pt. The summed E-state index contributed by atoms with van der Waals surface area (Å²) in [5, 5.41) is 0. The van der Waals surface area contributed by atoms with Crippen molar-refractivity contribution in [1.29, 1.82) is 0 Å². The van der Waals surface area contributed by atoms with Gasteiger partial charge in [-0.1, -0.05) is 0 Å². The first kappa shape index (κ1) is 40.2. The standard InChI is InChI=1S/3C12H25.C5H5.Pt/c3*1-3-5-7-9-11-12-10-8-6-4-2;1-2-4-5-3-1;/h3*1,3-12H2,2H3;1-3H,4H2;. The molecule has 0 aromatic heterocycles. The van der Waals surface area contributed by atoms with Gasteiger partial charge in [-0.3, -0.25) is 0 Å². The van der Waals surface area contributed by atoms with Crippen molar-refractivity contribution in [2.24, 2.45) is 0 Å². The molecule has 1 aliphatic rings. The first-order valence-electron chi connectivity index (χ1n) is 19.7. The first-order valence-corrected chi connectivity index (χ1v) is 25.6. The van der Waals surface area contributed by atoms with Crippen molar-refractivity contribution < 1.29 is 16.1 Å². The van der Waals surface area contributed by atoms with Crippen LogP contribution in [0.4, 0.5) is 0 Å². The predicted molar refractivity (Wildman–Crippen MR) is 192 cm³/mol. The molecule has 0 bridgehead atoms. The van der Waals surface area contributed by atoms with Gasteiger partial charge in [-0.05, 0) is 0 Å². The molecule has 42 heavy (non-hydrogen) atoms. The quantitative estimate of drug-likeness (QED) is 0.0572. The summed E-state index contributed by atoms with van der Waals surface area (Å²) in [6.07, 6.45) is 53.2. The van der Waals surface area contributed by atoms with Crippen molar-refractivity contribution in [3.63, 3.8) is 0 Å². The molecule has 0 atom stereocenters. The summed E-state index contributed by atoms with van der Waals surface area (Å²) in [5.74, 6) is 0. The van der Waals surface area contributed by atoms with E-state index in [2.05, 4.69) is 39.0 Å². The first-order chi connectivity index (χ1) is 20.8. The van der Waals surface area contributed by atoms with Gasteiger partial charge in [0.05, 0.1) is 0 Å². The Morgan fingerprint density at radius 2 is 0.643 bits per heavy atom. The normalized spacial score (nSPS) is 13.7. The third-order valence-corrected chi connectivity index (χ3v) is 22.3. The van der Waals surface area contributed by atoms with E-state index in [1.165, 1.54) is 180 Å².